The lowest BCUT2D eigenvalue weighted by Crippen LogP contribution is -2.35. The van der Waals surface area contributed by atoms with Crippen LogP contribution in [-0.4, -0.2) is 22.8 Å². The van der Waals surface area contributed by atoms with Crippen molar-refractivity contribution in [1.82, 2.24) is 9.55 Å². The first-order chi connectivity index (χ1) is 16.1. The topological polar surface area (TPSA) is 73.3 Å². The molecular weight excluding hydrogens is 416 g/mol. The molecule has 0 saturated carbocycles. The summed E-state index contributed by atoms with van der Waals surface area (Å²) in [6.07, 6.45) is 9.08. The van der Waals surface area contributed by atoms with Crippen LogP contribution < -0.4 is 11.2 Å². The Kier molecular flexibility index (Phi) is 8.52. The molecule has 0 aliphatic carbocycles. The van der Waals surface area contributed by atoms with Crippen LogP contribution in [0.2, 0.25) is 0 Å². The summed E-state index contributed by atoms with van der Waals surface area (Å²) in [5.74, 6) is 0. The van der Waals surface area contributed by atoms with Crippen molar-refractivity contribution in [2.24, 2.45) is 0 Å². The predicted molar refractivity (Wildman–Crippen MR) is 130 cm³/mol. The average molecular weight is 445 g/mol. The lowest BCUT2D eigenvalue weighted by atomic mass is 9.79. The van der Waals surface area contributed by atoms with Gasteiger partial charge in [-0.25, -0.2) is 4.79 Å². The van der Waals surface area contributed by atoms with Crippen LogP contribution in [0.25, 0.3) is 0 Å². The molecule has 0 unspecified atom stereocenters. The highest BCUT2D eigenvalue weighted by Gasteiger charge is 2.38. The third kappa shape index (κ3) is 5.74. The van der Waals surface area contributed by atoms with Crippen molar-refractivity contribution in [1.29, 1.82) is 0 Å². The van der Waals surface area contributed by atoms with Gasteiger partial charge in [-0.15, -0.1) is 0 Å². The average Bonchev–Trinajstić information content (AvgIpc) is 2.84. The third-order valence-electron chi connectivity index (χ3n) is 5.08. The summed E-state index contributed by atoms with van der Waals surface area (Å²) >= 11 is 0. The summed E-state index contributed by atoms with van der Waals surface area (Å²) in [6.45, 7) is 6.36. The molecule has 170 valence electrons. The van der Waals surface area contributed by atoms with Gasteiger partial charge in [-0.05, 0) is 23.6 Å². The molecule has 1 aromatic heterocycles. The van der Waals surface area contributed by atoms with Crippen molar-refractivity contribution in [2.45, 2.75) is 19.3 Å². The summed E-state index contributed by atoms with van der Waals surface area (Å²) in [5.41, 5.74) is 1.02. The smallest absolute Gasteiger partial charge is 0.330 e. The van der Waals surface area contributed by atoms with Crippen molar-refractivity contribution in [3.05, 3.63) is 141 Å². The second kappa shape index (κ2) is 11.8. The molecule has 0 atom stereocenters. The molecule has 0 spiro atoms. The van der Waals surface area contributed by atoms with E-state index in [2.05, 4.69) is 11.6 Å². The van der Waals surface area contributed by atoms with Gasteiger partial charge in [-0.2, -0.15) is 0 Å². The first-order valence-corrected chi connectivity index (χ1v) is 10.7. The number of allylic oxidation sites excluding steroid dienone is 3. The number of aromatic nitrogens is 2. The molecule has 1 heterocycles. The lowest BCUT2D eigenvalue weighted by Gasteiger charge is -2.36. The summed E-state index contributed by atoms with van der Waals surface area (Å²) in [7, 11) is 0. The molecule has 6 heteroatoms. The number of H-pyrrole nitrogens is 1. The van der Waals surface area contributed by atoms with Gasteiger partial charge in [0.1, 0.15) is 12.3 Å². The summed E-state index contributed by atoms with van der Waals surface area (Å²) < 4.78 is 13.6. The molecule has 1 N–H and O–H groups in total. The van der Waals surface area contributed by atoms with E-state index in [0.717, 1.165) is 16.7 Å². The molecule has 0 aliphatic heterocycles. The van der Waals surface area contributed by atoms with Crippen LogP contribution in [0.15, 0.2) is 119 Å². The molecule has 2 aromatic carbocycles. The number of hydrogen-bond acceptors (Lipinski definition) is 4. The van der Waals surface area contributed by atoms with E-state index in [9.17, 15) is 9.59 Å². The Morgan fingerprint density at radius 3 is 2.18 bits per heavy atom. The van der Waals surface area contributed by atoms with Crippen LogP contribution in [-0.2, 0) is 21.8 Å². The van der Waals surface area contributed by atoms with E-state index in [0.29, 0.717) is 0 Å². The maximum atomic E-state index is 11.8. The fraction of sp³-hybridized carbons (Fsp3) is 0.185. The van der Waals surface area contributed by atoms with E-state index < -0.39 is 16.9 Å². The summed E-state index contributed by atoms with van der Waals surface area (Å²) in [6, 6.07) is 21.3. The standard InChI is InChI=1S/C27H28N2O4/c1-3-11-22(12-4-2)27(23-13-7-5-8-14-23,24-15-9-6-10-16-24)33-20-19-32-21-29-18-17-25(30)28-26(29)31/h3-18H,1,19-21H2,2H3,(H,28,30,31)/b12-4-,22-11+. The quantitative estimate of drug-likeness (QED) is 0.356. The Morgan fingerprint density at radius 2 is 1.64 bits per heavy atom. The number of benzene rings is 2. The Labute approximate surface area is 193 Å². The van der Waals surface area contributed by atoms with Gasteiger partial charge >= 0.3 is 5.69 Å². The van der Waals surface area contributed by atoms with Crippen LogP contribution in [0.3, 0.4) is 0 Å². The first kappa shape index (κ1) is 23.9. The SMILES string of the molecule is C=C/C=C(\C=C/C)C(OCCOCn1ccc(=O)[nH]c1=O)(c1ccccc1)c1ccccc1. The Hall–Kier alpha value is -3.74. The summed E-state index contributed by atoms with van der Waals surface area (Å²) in [5, 5.41) is 0. The van der Waals surface area contributed by atoms with E-state index in [1.54, 1.807) is 6.08 Å². The molecule has 3 rings (SSSR count). The van der Waals surface area contributed by atoms with Gasteiger partial charge in [-0.1, -0.05) is 91.5 Å². The van der Waals surface area contributed by atoms with Crippen LogP contribution in [0.1, 0.15) is 18.1 Å². The summed E-state index contributed by atoms with van der Waals surface area (Å²) in [4.78, 5) is 25.3. The van der Waals surface area contributed by atoms with E-state index in [1.807, 2.05) is 85.8 Å². The zero-order valence-electron chi connectivity index (χ0n) is 18.6. The molecule has 0 fully saturated rings. The van der Waals surface area contributed by atoms with Crippen molar-refractivity contribution in [3.63, 3.8) is 0 Å². The van der Waals surface area contributed by atoms with Crippen LogP contribution in [0, 0.1) is 0 Å². The number of rotatable bonds is 11. The van der Waals surface area contributed by atoms with E-state index in [1.165, 1.54) is 16.8 Å². The van der Waals surface area contributed by atoms with Gasteiger partial charge in [0.15, 0.2) is 0 Å². The van der Waals surface area contributed by atoms with Gasteiger partial charge in [0.2, 0.25) is 0 Å². The van der Waals surface area contributed by atoms with Gasteiger partial charge < -0.3 is 9.47 Å². The minimum absolute atomic E-state index is 0.00681. The predicted octanol–water partition coefficient (Wildman–Crippen LogP) is 4.16. The highest BCUT2D eigenvalue weighted by atomic mass is 16.5. The van der Waals surface area contributed by atoms with Crippen LogP contribution >= 0.6 is 0 Å². The zero-order valence-corrected chi connectivity index (χ0v) is 18.6. The largest absolute Gasteiger partial charge is 0.358 e. The highest BCUT2D eigenvalue weighted by molar-refractivity contribution is 5.50. The van der Waals surface area contributed by atoms with Crippen molar-refractivity contribution in [2.75, 3.05) is 13.2 Å². The highest BCUT2D eigenvalue weighted by Crippen LogP contribution is 2.41. The minimum atomic E-state index is -0.887. The van der Waals surface area contributed by atoms with E-state index in [-0.39, 0.29) is 19.9 Å². The molecule has 0 saturated heterocycles. The number of aromatic amines is 1. The molecule has 3 aromatic rings. The molecule has 6 nitrogen and oxygen atoms in total. The number of hydrogen-bond donors (Lipinski definition) is 1. The van der Waals surface area contributed by atoms with Crippen molar-refractivity contribution < 1.29 is 9.47 Å². The zero-order chi connectivity index (χ0) is 23.5. The van der Waals surface area contributed by atoms with Gasteiger partial charge in [0, 0.05) is 12.3 Å². The number of nitrogens with one attached hydrogen (secondary N) is 1. The minimum Gasteiger partial charge on any atom is -0.358 e. The fourth-order valence-electron chi connectivity index (χ4n) is 3.65. The first-order valence-electron chi connectivity index (χ1n) is 10.7. The normalized spacial score (nSPS) is 12.2. The molecular formula is C27H28N2O4. The van der Waals surface area contributed by atoms with E-state index in [4.69, 9.17) is 9.47 Å². The molecule has 0 bridgehead atoms. The van der Waals surface area contributed by atoms with Crippen LogP contribution in [0.4, 0.5) is 0 Å². The molecule has 0 aliphatic rings. The number of ether oxygens (including phenoxy) is 2. The molecule has 0 amide bonds. The van der Waals surface area contributed by atoms with Gasteiger partial charge in [-0.3, -0.25) is 14.3 Å². The Bertz CT molecular complexity index is 1170. The lowest BCUT2D eigenvalue weighted by molar-refractivity contribution is -0.0373. The van der Waals surface area contributed by atoms with Gasteiger partial charge in [0.05, 0.1) is 13.2 Å². The Morgan fingerprint density at radius 1 is 1.00 bits per heavy atom. The second-order valence-corrected chi connectivity index (χ2v) is 7.24. The monoisotopic (exact) mass is 444 g/mol. The maximum absolute atomic E-state index is 11.8. The third-order valence-corrected chi connectivity index (χ3v) is 5.08. The fourth-order valence-corrected chi connectivity index (χ4v) is 3.65. The molecule has 0 radical (unpaired) electrons. The number of nitrogens with zero attached hydrogens (tertiary/aromatic N) is 1. The molecule has 33 heavy (non-hydrogen) atoms. The van der Waals surface area contributed by atoms with E-state index >= 15 is 0 Å². The maximum Gasteiger partial charge on any atom is 0.330 e. The van der Waals surface area contributed by atoms with Crippen molar-refractivity contribution in [3.8, 4) is 0 Å². The van der Waals surface area contributed by atoms with Crippen molar-refractivity contribution >= 4 is 0 Å². The second-order valence-electron chi connectivity index (χ2n) is 7.24. The Balaban J connectivity index is 1.91. The van der Waals surface area contributed by atoms with Crippen LogP contribution in [0.5, 0.6) is 0 Å². The van der Waals surface area contributed by atoms with Gasteiger partial charge in [0.25, 0.3) is 5.56 Å².